The summed E-state index contributed by atoms with van der Waals surface area (Å²) in [7, 11) is 1.87. The third kappa shape index (κ3) is 9.12. The Bertz CT molecular complexity index is 2470. The molecule has 0 bridgehead atoms. The third-order valence-electron chi connectivity index (χ3n) is 9.93. The average molecular weight is 966 g/mol. The van der Waals surface area contributed by atoms with E-state index in [4.69, 9.17) is 0 Å². The summed E-state index contributed by atoms with van der Waals surface area (Å²) in [5.74, 6) is 1.90. The topological polar surface area (TPSA) is 91.2 Å². The molecule has 10 rings (SSSR count). The Balaban J connectivity index is 0.000000171. The van der Waals surface area contributed by atoms with Crippen molar-refractivity contribution >= 4 is 34.4 Å². The Hall–Kier alpha value is -6.69. The van der Waals surface area contributed by atoms with Gasteiger partial charge in [-0.25, -0.2) is 25.5 Å². The molecule has 0 unspecified atom stereocenters. The zero-order valence-corrected chi connectivity index (χ0v) is 35.3. The fraction of sp³-hybridized carbons (Fsp3) is 0.149. The van der Waals surface area contributed by atoms with Crippen LogP contribution in [0.25, 0.3) is 11.4 Å². The van der Waals surface area contributed by atoms with Crippen molar-refractivity contribution in [3.63, 3.8) is 0 Å². The van der Waals surface area contributed by atoms with E-state index >= 15 is 0 Å². The van der Waals surface area contributed by atoms with Crippen LogP contribution in [0, 0.1) is 37.9 Å². The Morgan fingerprint density at radius 2 is 1.18 bits per heavy atom. The zero-order valence-electron chi connectivity index (χ0n) is 33.0. The van der Waals surface area contributed by atoms with Crippen LogP contribution < -0.4 is 24.3 Å². The Kier molecular flexibility index (Phi) is 12.6. The molecule has 0 spiro atoms. The summed E-state index contributed by atoms with van der Waals surface area (Å²) in [6.45, 7) is 7.41. The number of benzene rings is 4. The average Bonchev–Trinajstić information content (AvgIpc) is 4.09. The molecular weight excluding hydrogens is 925 g/mol. The fourth-order valence-electron chi connectivity index (χ4n) is 7.10. The van der Waals surface area contributed by atoms with Crippen molar-refractivity contribution < 1.29 is 24.8 Å². The van der Waals surface area contributed by atoms with Gasteiger partial charge in [-0.1, -0.05) is 72.6 Å². The van der Waals surface area contributed by atoms with Gasteiger partial charge in [0.15, 0.2) is 0 Å². The third-order valence-corrected chi connectivity index (χ3v) is 9.93. The number of hydrogen-bond acceptors (Lipinski definition) is 9. The smallest absolute Gasteiger partial charge is 0.124 e. The second kappa shape index (κ2) is 18.9. The Labute approximate surface area is 364 Å². The second-order valence-corrected chi connectivity index (χ2v) is 14.1. The maximum absolute atomic E-state index is 4.63. The Morgan fingerprint density at radius 3 is 1.73 bits per heavy atom. The van der Waals surface area contributed by atoms with Gasteiger partial charge in [-0.3, -0.25) is 5.10 Å². The summed E-state index contributed by atoms with van der Waals surface area (Å²) < 4.78 is 5.22. The van der Waals surface area contributed by atoms with Crippen molar-refractivity contribution in [1.82, 2.24) is 34.9 Å². The number of pyridine rings is 2. The predicted molar refractivity (Wildman–Crippen MR) is 227 cm³/mol. The molecule has 8 aromatic rings. The van der Waals surface area contributed by atoms with Crippen molar-refractivity contribution in [2.75, 3.05) is 32.7 Å². The predicted octanol–water partition coefficient (Wildman–Crippen LogP) is 7.37. The minimum atomic E-state index is 0. The van der Waals surface area contributed by atoms with E-state index in [0.29, 0.717) is 18.8 Å². The zero-order chi connectivity index (χ0) is 39.8. The van der Waals surface area contributed by atoms with Gasteiger partial charge in [0.25, 0.3) is 0 Å². The molecule has 0 saturated heterocycles. The monoisotopic (exact) mass is 966 g/mol. The molecule has 0 aliphatic carbocycles. The summed E-state index contributed by atoms with van der Waals surface area (Å²) in [5.41, 5.74) is 7.99. The van der Waals surface area contributed by atoms with Crippen LogP contribution in [0.15, 0.2) is 146 Å². The maximum Gasteiger partial charge on any atom is 0.124 e. The van der Waals surface area contributed by atoms with Gasteiger partial charge in [0.05, 0.1) is 7.05 Å². The minimum absolute atomic E-state index is 0. The first-order valence-corrected chi connectivity index (χ1v) is 19.6. The minimum Gasteiger partial charge on any atom is -0.500 e. The van der Waals surface area contributed by atoms with Crippen LogP contribution in [0.4, 0.5) is 34.4 Å². The first kappa shape index (κ1) is 40.1. The molecule has 12 nitrogen and oxygen atoms in total. The van der Waals surface area contributed by atoms with Gasteiger partial charge in [0.2, 0.25) is 0 Å². The number of unbranched alkanes of at least 4 members (excludes halogenated alkanes) is 1. The summed E-state index contributed by atoms with van der Waals surface area (Å²) in [6.07, 6.45) is 12.2. The van der Waals surface area contributed by atoms with Crippen LogP contribution >= 0.6 is 0 Å². The van der Waals surface area contributed by atoms with Crippen molar-refractivity contribution in [3.8, 4) is 11.4 Å². The van der Waals surface area contributed by atoms with Crippen LogP contribution in [0.2, 0.25) is 0 Å². The largest absolute Gasteiger partial charge is 0.500 e. The van der Waals surface area contributed by atoms with Crippen LogP contribution in [-0.4, -0.2) is 47.9 Å². The van der Waals surface area contributed by atoms with Crippen LogP contribution in [0.3, 0.4) is 0 Å². The van der Waals surface area contributed by atoms with E-state index in [1.54, 1.807) is 14.0 Å². The SMILES string of the molecule is Cn1n[n+](Cc2ccccc2)[c-]c1-c1[c-]n(Cc2ccccc2)nn1.[Ir].[c-]1ccccc1N1[CH-]N(CCCCN2[CH-]N(c3[c-]cccc3)c3ncccc32)c2cccnc21. The van der Waals surface area contributed by atoms with Crippen molar-refractivity contribution in [2.24, 2.45) is 7.05 Å². The van der Waals surface area contributed by atoms with E-state index in [1.165, 1.54) is 5.56 Å². The quantitative estimate of drug-likeness (QED) is 0.0708. The number of rotatable bonds is 12. The molecule has 2 aliphatic heterocycles. The summed E-state index contributed by atoms with van der Waals surface area (Å²) >= 11 is 0. The molecular formula is C47H41IrN12-5. The van der Waals surface area contributed by atoms with Gasteiger partial charge in [-0.2, -0.15) is 79.7 Å². The number of aryl methyl sites for hydroxylation is 1. The molecule has 6 heterocycles. The summed E-state index contributed by atoms with van der Waals surface area (Å²) in [6, 6.07) is 51.2. The summed E-state index contributed by atoms with van der Waals surface area (Å²) in [5, 5.41) is 12.8. The fourth-order valence-corrected chi connectivity index (χ4v) is 7.10. The van der Waals surface area contributed by atoms with Gasteiger partial charge in [-0.05, 0) is 61.3 Å². The number of para-hydroxylation sites is 2. The number of nitrogens with zero attached hydrogens (tertiary/aromatic N) is 12. The molecule has 13 heteroatoms. The standard InChI is InChI=1S/C28H24N6.C19H17N6.Ir/c1-3-11-23(12-4-1)33-21-31(25-15-9-17-29-27(25)33)19-7-8-20-32-22-34(24-13-5-2-6-14-24)28-26(32)16-10-18-30-28;1-23-19(15-25(22-23)13-17-10-6-3-7-11-17)18-14-24(21-20-18)12-16-8-4-2-5-9-16;/h1-6,9-11,13,15-18,21-22H,7-8,19-20H2;2-11H,12-13H2,1H3;/q-4;-1;. The molecule has 0 fully saturated rings. The number of aromatic nitrogens is 8. The van der Waals surface area contributed by atoms with E-state index in [1.807, 2.05) is 104 Å². The van der Waals surface area contributed by atoms with Crippen LogP contribution in [0.5, 0.6) is 0 Å². The van der Waals surface area contributed by atoms with E-state index in [0.717, 1.165) is 71.6 Å². The molecule has 2 aliphatic rings. The first-order chi connectivity index (χ1) is 29.2. The maximum atomic E-state index is 4.63. The molecule has 0 amide bonds. The van der Waals surface area contributed by atoms with E-state index in [9.17, 15) is 0 Å². The molecule has 1 radical (unpaired) electrons. The normalized spacial score (nSPS) is 12.8. The van der Waals surface area contributed by atoms with E-state index in [-0.39, 0.29) is 20.1 Å². The van der Waals surface area contributed by atoms with Gasteiger partial charge in [-0.15, -0.1) is 16.6 Å². The first-order valence-electron chi connectivity index (χ1n) is 19.6. The molecule has 0 atom stereocenters. The molecule has 60 heavy (non-hydrogen) atoms. The van der Waals surface area contributed by atoms with Crippen molar-refractivity contribution in [1.29, 1.82) is 0 Å². The van der Waals surface area contributed by atoms with Crippen molar-refractivity contribution in [3.05, 3.63) is 195 Å². The van der Waals surface area contributed by atoms with Crippen LogP contribution in [0.1, 0.15) is 24.0 Å². The molecule has 0 N–H and O–H groups in total. The number of fused-ring (bicyclic) bond motifs is 2. The van der Waals surface area contributed by atoms with E-state index < -0.39 is 0 Å². The second-order valence-electron chi connectivity index (χ2n) is 14.1. The molecule has 4 aromatic carbocycles. The van der Waals surface area contributed by atoms with Gasteiger partial charge >= 0.3 is 0 Å². The van der Waals surface area contributed by atoms with E-state index in [2.05, 4.69) is 131 Å². The number of anilines is 6. The molecule has 0 saturated carbocycles. The van der Waals surface area contributed by atoms with Crippen molar-refractivity contribution in [2.45, 2.75) is 25.9 Å². The Morgan fingerprint density at radius 1 is 0.633 bits per heavy atom. The van der Waals surface area contributed by atoms with Crippen LogP contribution in [-0.2, 0) is 40.2 Å². The number of hydrogen-bond donors (Lipinski definition) is 0. The summed E-state index contributed by atoms with van der Waals surface area (Å²) in [4.78, 5) is 18.1. The van der Waals surface area contributed by atoms with Gasteiger partial charge < -0.3 is 24.3 Å². The van der Waals surface area contributed by atoms with Gasteiger partial charge in [0, 0.05) is 55.6 Å². The molecule has 303 valence electrons. The van der Waals surface area contributed by atoms with Gasteiger partial charge in [0.1, 0.15) is 18.2 Å². The molecule has 4 aromatic heterocycles.